The van der Waals surface area contributed by atoms with E-state index in [0.717, 1.165) is 24.2 Å². The van der Waals surface area contributed by atoms with Crippen LogP contribution in [0.5, 0.6) is 0 Å². The first-order valence-corrected chi connectivity index (χ1v) is 7.37. The summed E-state index contributed by atoms with van der Waals surface area (Å²) in [6.45, 7) is 15.6. The Kier molecular flexibility index (Phi) is 10.1. The molecule has 0 N–H and O–H groups in total. The van der Waals surface area contributed by atoms with Gasteiger partial charge in [-0.3, -0.25) is 0 Å². The number of hydrogen-bond donors (Lipinski definition) is 0. The van der Waals surface area contributed by atoms with E-state index >= 15 is 0 Å². The summed E-state index contributed by atoms with van der Waals surface area (Å²) >= 11 is 0. The molecule has 0 aromatic heterocycles. The molecule has 1 saturated heterocycles. The minimum absolute atomic E-state index is 0.0921. The summed E-state index contributed by atoms with van der Waals surface area (Å²) in [5, 5.41) is 0. The van der Waals surface area contributed by atoms with Crippen LogP contribution in [0.25, 0.3) is 0 Å². The average Bonchev–Trinajstić information content (AvgIpc) is 2.52. The van der Waals surface area contributed by atoms with E-state index in [1.807, 2.05) is 52.0 Å². The first kappa shape index (κ1) is 18.2. The van der Waals surface area contributed by atoms with Gasteiger partial charge < -0.3 is 4.74 Å². The summed E-state index contributed by atoms with van der Waals surface area (Å²) in [7, 11) is 0. The van der Waals surface area contributed by atoms with Crippen molar-refractivity contribution < 1.29 is 4.74 Å². The number of hydrogen-bond acceptors (Lipinski definition) is 1. The van der Waals surface area contributed by atoms with Crippen LogP contribution in [0.3, 0.4) is 0 Å². The Labute approximate surface area is 124 Å². The van der Waals surface area contributed by atoms with E-state index in [2.05, 4.69) is 25.3 Å². The molecule has 0 radical (unpaired) electrons. The predicted octanol–water partition coefficient (Wildman–Crippen LogP) is 5.90. The van der Waals surface area contributed by atoms with Crippen molar-refractivity contribution in [2.24, 2.45) is 0 Å². The van der Waals surface area contributed by atoms with Crippen LogP contribution in [0, 0.1) is 0 Å². The second-order valence-corrected chi connectivity index (χ2v) is 4.12. The summed E-state index contributed by atoms with van der Waals surface area (Å²) in [6.07, 6.45) is 15.9. The first-order valence-electron chi connectivity index (χ1n) is 7.37. The maximum Gasteiger partial charge on any atom is 0.124 e. The molecular weight excluding hydrogens is 244 g/mol. The van der Waals surface area contributed by atoms with E-state index in [-0.39, 0.29) is 6.10 Å². The monoisotopic (exact) mass is 272 g/mol. The number of ether oxygens (including phenoxy) is 1. The molecule has 0 aromatic carbocycles. The largest absolute Gasteiger partial charge is 0.486 e. The van der Waals surface area contributed by atoms with E-state index < -0.39 is 0 Å². The third kappa shape index (κ3) is 5.48. The molecule has 0 aliphatic carbocycles. The highest BCUT2D eigenvalue weighted by molar-refractivity contribution is 5.35. The summed E-state index contributed by atoms with van der Waals surface area (Å²) in [5.74, 6) is 0.973. The second-order valence-electron chi connectivity index (χ2n) is 4.12. The van der Waals surface area contributed by atoms with Crippen LogP contribution in [0.1, 0.15) is 40.5 Å². The Morgan fingerprint density at radius 3 is 2.45 bits per heavy atom. The molecule has 0 spiro atoms. The lowest BCUT2D eigenvalue weighted by Crippen LogP contribution is -2.20. The molecule has 1 aliphatic heterocycles. The average molecular weight is 272 g/mol. The van der Waals surface area contributed by atoms with Crippen LogP contribution in [-0.4, -0.2) is 6.10 Å². The fraction of sp³-hybridized carbons (Fsp3) is 0.368. The van der Waals surface area contributed by atoms with E-state index in [1.165, 1.54) is 5.57 Å². The van der Waals surface area contributed by atoms with Gasteiger partial charge in [0, 0.05) is 0 Å². The van der Waals surface area contributed by atoms with E-state index in [9.17, 15) is 0 Å². The summed E-state index contributed by atoms with van der Waals surface area (Å²) < 4.78 is 6.02. The van der Waals surface area contributed by atoms with Crippen LogP contribution >= 0.6 is 0 Å². The Balaban J connectivity index is 0.00000172. The van der Waals surface area contributed by atoms with Gasteiger partial charge in [0.15, 0.2) is 0 Å². The highest BCUT2D eigenvalue weighted by atomic mass is 16.5. The molecule has 0 unspecified atom stereocenters. The van der Waals surface area contributed by atoms with Crippen molar-refractivity contribution in [2.75, 3.05) is 0 Å². The Morgan fingerprint density at radius 2 is 1.95 bits per heavy atom. The van der Waals surface area contributed by atoms with Gasteiger partial charge in [-0.05, 0) is 43.9 Å². The molecule has 20 heavy (non-hydrogen) atoms. The molecule has 1 rings (SSSR count). The minimum atomic E-state index is 0.0921. The van der Waals surface area contributed by atoms with Gasteiger partial charge in [0.1, 0.15) is 11.9 Å². The first-order chi connectivity index (χ1) is 9.76. The van der Waals surface area contributed by atoms with E-state index in [4.69, 9.17) is 4.74 Å². The molecule has 1 heterocycles. The van der Waals surface area contributed by atoms with Gasteiger partial charge in [-0.25, -0.2) is 0 Å². The summed E-state index contributed by atoms with van der Waals surface area (Å²) in [6, 6.07) is 0. The van der Waals surface area contributed by atoms with Gasteiger partial charge in [-0.1, -0.05) is 63.5 Å². The minimum Gasteiger partial charge on any atom is -0.486 e. The maximum atomic E-state index is 6.02. The highest BCUT2D eigenvalue weighted by Gasteiger charge is 2.22. The molecule has 0 bridgehead atoms. The zero-order chi connectivity index (χ0) is 15.4. The van der Waals surface area contributed by atoms with Crippen molar-refractivity contribution >= 4 is 0 Å². The second kappa shape index (κ2) is 11.1. The zero-order valence-electron chi connectivity index (χ0n) is 13.4. The van der Waals surface area contributed by atoms with Crippen LogP contribution in [0.4, 0.5) is 0 Å². The van der Waals surface area contributed by atoms with Crippen molar-refractivity contribution in [3.63, 3.8) is 0 Å². The molecule has 1 aliphatic rings. The van der Waals surface area contributed by atoms with Gasteiger partial charge in [0.05, 0.1) is 0 Å². The van der Waals surface area contributed by atoms with Gasteiger partial charge in [0.2, 0.25) is 0 Å². The number of rotatable bonds is 4. The van der Waals surface area contributed by atoms with Crippen molar-refractivity contribution in [2.45, 2.75) is 46.6 Å². The molecule has 0 saturated carbocycles. The molecule has 1 atom stereocenters. The molecular formula is C19H28O. The lowest BCUT2D eigenvalue weighted by molar-refractivity contribution is 0.126. The topological polar surface area (TPSA) is 9.23 Å². The Hall–Kier alpha value is -1.76. The van der Waals surface area contributed by atoms with Crippen molar-refractivity contribution in [3.05, 3.63) is 72.6 Å². The SMILES string of the molecule is C=C/C=C(\C=C)[C@@H]1CCC(=C/C=C\C)/C(=C\C)O1.CC. The molecule has 0 amide bonds. The van der Waals surface area contributed by atoms with Crippen molar-refractivity contribution in [1.29, 1.82) is 0 Å². The van der Waals surface area contributed by atoms with Crippen molar-refractivity contribution in [3.8, 4) is 0 Å². The fourth-order valence-corrected chi connectivity index (χ4v) is 2.01. The highest BCUT2D eigenvalue weighted by Crippen LogP contribution is 2.31. The standard InChI is InChI=1S/C17H22O.C2H6/c1-5-9-11-15-12-13-17(18-16(15)8-4)14(7-3)10-6-2;1-2/h5-11,17H,2-3,12-13H2,1,4H3;1-2H3/b9-5-,14-10+,15-11-,16-8+;/t17-;/m0./s1. The molecule has 1 fully saturated rings. The molecule has 0 aromatic rings. The number of allylic oxidation sites excluding steroid dienone is 7. The summed E-state index contributed by atoms with van der Waals surface area (Å²) in [4.78, 5) is 0. The normalized spacial score (nSPS) is 23.2. The lowest BCUT2D eigenvalue weighted by atomic mass is 9.96. The van der Waals surface area contributed by atoms with Gasteiger partial charge in [-0.2, -0.15) is 0 Å². The quantitative estimate of drug-likeness (QED) is 0.579. The maximum absolute atomic E-state index is 6.02. The van der Waals surface area contributed by atoms with Crippen LogP contribution in [0.15, 0.2) is 72.6 Å². The smallest absolute Gasteiger partial charge is 0.124 e. The van der Waals surface area contributed by atoms with E-state index in [0.29, 0.717) is 0 Å². The Morgan fingerprint density at radius 1 is 1.25 bits per heavy atom. The molecule has 110 valence electrons. The van der Waals surface area contributed by atoms with E-state index in [1.54, 1.807) is 6.08 Å². The lowest BCUT2D eigenvalue weighted by Gasteiger charge is -2.28. The summed E-state index contributed by atoms with van der Waals surface area (Å²) in [5.41, 5.74) is 2.35. The van der Waals surface area contributed by atoms with Gasteiger partial charge >= 0.3 is 0 Å². The Bertz CT molecular complexity index is 419. The third-order valence-electron chi connectivity index (χ3n) is 2.93. The third-order valence-corrected chi connectivity index (χ3v) is 2.93. The van der Waals surface area contributed by atoms with Gasteiger partial charge in [-0.15, -0.1) is 0 Å². The zero-order valence-corrected chi connectivity index (χ0v) is 13.4. The predicted molar refractivity (Wildman–Crippen MR) is 90.6 cm³/mol. The molecule has 1 nitrogen and oxygen atoms in total. The van der Waals surface area contributed by atoms with Crippen molar-refractivity contribution in [1.82, 2.24) is 0 Å². The van der Waals surface area contributed by atoms with Gasteiger partial charge in [0.25, 0.3) is 0 Å². The van der Waals surface area contributed by atoms with Crippen LogP contribution in [0.2, 0.25) is 0 Å². The fourth-order valence-electron chi connectivity index (χ4n) is 2.01. The van der Waals surface area contributed by atoms with Crippen LogP contribution in [-0.2, 0) is 4.74 Å². The van der Waals surface area contributed by atoms with Crippen LogP contribution < -0.4 is 0 Å². The molecule has 1 heteroatoms.